The van der Waals surface area contributed by atoms with Gasteiger partial charge in [0.15, 0.2) is 6.61 Å². The number of nitrogens with zero attached hydrogens (tertiary/aromatic N) is 1. The smallest absolute Gasteiger partial charge is 0.262 e. The fourth-order valence-electron chi connectivity index (χ4n) is 2.74. The Morgan fingerprint density at radius 1 is 1.30 bits per heavy atom. The van der Waals surface area contributed by atoms with Crippen LogP contribution >= 0.6 is 11.6 Å². The second kappa shape index (κ2) is 7.01. The number of benzene rings is 1. The molecule has 1 amide bonds. The number of aryl methyl sites for hydroxylation is 2. The predicted molar refractivity (Wildman–Crippen MR) is 91.2 cm³/mol. The second-order valence-corrected chi connectivity index (χ2v) is 6.15. The van der Waals surface area contributed by atoms with Gasteiger partial charge in [0, 0.05) is 28.2 Å². The highest BCUT2D eigenvalue weighted by Gasteiger charge is 2.16. The molecule has 0 saturated heterocycles. The molecule has 1 N–H and O–H groups in total. The summed E-state index contributed by atoms with van der Waals surface area (Å²) in [5.41, 5.74) is 3.89. The van der Waals surface area contributed by atoms with Crippen LogP contribution in [0.4, 0.5) is 5.69 Å². The van der Waals surface area contributed by atoms with E-state index in [0.717, 1.165) is 48.3 Å². The molecule has 1 heterocycles. The molecule has 0 saturated carbocycles. The summed E-state index contributed by atoms with van der Waals surface area (Å²) in [5, 5.41) is 3.43. The van der Waals surface area contributed by atoms with Gasteiger partial charge < -0.3 is 10.1 Å². The first kappa shape index (κ1) is 15.8. The Balaban J connectivity index is 1.62. The maximum Gasteiger partial charge on any atom is 0.262 e. The minimum absolute atomic E-state index is 0.0258. The maximum atomic E-state index is 12.1. The molecule has 0 bridgehead atoms. The molecule has 0 radical (unpaired) electrons. The van der Waals surface area contributed by atoms with Gasteiger partial charge in [-0.1, -0.05) is 17.7 Å². The average molecular weight is 331 g/mol. The zero-order chi connectivity index (χ0) is 16.2. The fourth-order valence-corrected chi connectivity index (χ4v) is 2.92. The Labute approximate surface area is 140 Å². The van der Waals surface area contributed by atoms with Gasteiger partial charge in [-0.25, -0.2) is 0 Å². The van der Waals surface area contributed by atoms with Crippen molar-refractivity contribution < 1.29 is 9.53 Å². The van der Waals surface area contributed by atoms with Crippen molar-refractivity contribution in [3.05, 3.63) is 52.3 Å². The van der Waals surface area contributed by atoms with Crippen molar-refractivity contribution in [3.8, 4) is 5.75 Å². The summed E-state index contributed by atoms with van der Waals surface area (Å²) in [7, 11) is 0. The summed E-state index contributed by atoms with van der Waals surface area (Å²) in [4.78, 5) is 16.5. The summed E-state index contributed by atoms with van der Waals surface area (Å²) < 4.78 is 5.71. The normalized spacial score (nSPS) is 13.3. The summed E-state index contributed by atoms with van der Waals surface area (Å²) in [6, 6.07) is 7.27. The maximum absolute atomic E-state index is 12.1. The summed E-state index contributed by atoms with van der Waals surface area (Å²) in [6.07, 6.45) is 6.01. The van der Waals surface area contributed by atoms with E-state index in [4.69, 9.17) is 16.3 Å². The number of carbonyl (C=O) groups excluding carboxylic acids is 1. The van der Waals surface area contributed by atoms with Gasteiger partial charge in [0.25, 0.3) is 5.91 Å². The van der Waals surface area contributed by atoms with Crippen LogP contribution in [0.1, 0.15) is 29.7 Å². The van der Waals surface area contributed by atoms with Crippen molar-refractivity contribution in [1.82, 2.24) is 4.98 Å². The Bertz CT molecular complexity index is 731. The van der Waals surface area contributed by atoms with E-state index in [1.807, 2.05) is 25.1 Å². The minimum Gasteiger partial charge on any atom is -0.483 e. The predicted octanol–water partition coefficient (Wildman–Crippen LogP) is 3.94. The van der Waals surface area contributed by atoms with E-state index in [1.54, 1.807) is 12.3 Å². The number of hydrogen-bond donors (Lipinski definition) is 1. The summed E-state index contributed by atoms with van der Waals surface area (Å²) in [6.45, 7) is 1.89. The van der Waals surface area contributed by atoms with Crippen LogP contribution in [0, 0.1) is 6.92 Å². The third-order valence-electron chi connectivity index (χ3n) is 4.01. The molecule has 1 aliphatic rings. The number of aromatic nitrogens is 1. The van der Waals surface area contributed by atoms with Gasteiger partial charge in [0.05, 0.1) is 0 Å². The zero-order valence-corrected chi connectivity index (χ0v) is 13.8. The number of hydrogen-bond acceptors (Lipinski definition) is 3. The van der Waals surface area contributed by atoms with E-state index < -0.39 is 0 Å². The monoisotopic (exact) mass is 330 g/mol. The lowest BCUT2D eigenvalue weighted by molar-refractivity contribution is -0.118. The van der Waals surface area contributed by atoms with Crippen LogP contribution in [0.2, 0.25) is 5.02 Å². The number of pyridine rings is 1. The van der Waals surface area contributed by atoms with E-state index in [1.165, 1.54) is 0 Å². The van der Waals surface area contributed by atoms with Gasteiger partial charge in [-0.2, -0.15) is 0 Å². The Kier molecular flexibility index (Phi) is 4.82. The third-order valence-corrected chi connectivity index (χ3v) is 4.41. The van der Waals surface area contributed by atoms with Crippen LogP contribution in [0.15, 0.2) is 30.5 Å². The van der Waals surface area contributed by atoms with Crippen molar-refractivity contribution in [3.63, 3.8) is 0 Å². The Morgan fingerprint density at radius 2 is 2.13 bits per heavy atom. The molecule has 5 heteroatoms. The van der Waals surface area contributed by atoms with Crippen molar-refractivity contribution in [2.75, 3.05) is 11.9 Å². The molecule has 0 aliphatic heterocycles. The third kappa shape index (κ3) is 3.82. The molecule has 0 atom stereocenters. The SMILES string of the molecule is Cc1ccc(NC(=O)COc2ccnc3c2CCCC3)cc1Cl. The van der Waals surface area contributed by atoms with Gasteiger partial charge in [-0.3, -0.25) is 9.78 Å². The van der Waals surface area contributed by atoms with Crippen molar-refractivity contribution >= 4 is 23.2 Å². The number of halogens is 1. The molecule has 3 rings (SSSR count). The van der Waals surface area contributed by atoms with Gasteiger partial charge in [0.1, 0.15) is 5.75 Å². The van der Waals surface area contributed by atoms with E-state index in [9.17, 15) is 4.79 Å². The average Bonchev–Trinajstić information content (AvgIpc) is 2.56. The molecule has 120 valence electrons. The van der Waals surface area contributed by atoms with Gasteiger partial charge in [-0.15, -0.1) is 0 Å². The molecule has 23 heavy (non-hydrogen) atoms. The topological polar surface area (TPSA) is 51.2 Å². The molecular weight excluding hydrogens is 312 g/mol. The molecule has 0 unspecified atom stereocenters. The van der Waals surface area contributed by atoms with Crippen LogP contribution in [0.5, 0.6) is 5.75 Å². The first-order chi connectivity index (χ1) is 11.1. The zero-order valence-electron chi connectivity index (χ0n) is 13.1. The number of ether oxygens (including phenoxy) is 1. The quantitative estimate of drug-likeness (QED) is 0.923. The van der Waals surface area contributed by atoms with Gasteiger partial charge >= 0.3 is 0 Å². The summed E-state index contributed by atoms with van der Waals surface area (Å²) in [5.74, 6) is 0.568. The van der Waals surface area contributed by atoms with Crippen LogP contribution in [0.3, 0.4) is 0 Å². The lowest BCUT2D eigenvalue weighted by atomic mass is 9.95. The van der Waals surface area contributed by atoms with Gasteiger partial charge in [0.2, 0.25) is 0 Å². The molecule has 0 fully saturated rings. The van der Waals surface area contributed by atoms with Crippen LogP contribution in [0.25, 0.3) is 0 Å². The number of rotatable bonds is 4. The molecule has 0 spiro atoms. The molecule has 1 aromatic carbocycles. The molecular formula is C18H19ClN2O2. The molecule has 1 aliphatic carbocycles. The van der Waals surface area contributed by atoms with E-state index in [2.05, 4.69) is 10.3 Å². The highest BCUT2D eigenvalue weighted by Crippen LogP contribution is 2.28. The Morgan fingerprint density at radius 3 is 2.96 bits per heavy atom. The number of fused-ring (bicyclic) bond motifs is 1. The van der Waals surface area contributed by atoms with Crippen molar-refractivity contribution in [2.24, 2.45) is 0 Å². The highest BCUT2D eigenvalue weighted by atomic mass is 35.5. The number of amides is 1. The first-order valence-corrected chi connectivity index (χ1v) is 8.17. The molecule has 2 aromatic rings. The van der Waals surface area contributed by atoms with Crippen LogP contribution < -0.4 is 10.1 Å². The standard InChI is InChI=1S/C18H19ClN2O2/c1-12-6-7-13(10-15(12)19)21-18(22)11-23-17-8-9-20-16-5-3-2-4-14(16)17/h6-10H,2-5,11H2,1H3,(H,21,22). The lowest BCUT2D eigenvalue weighted by Gasteiger charge is -2.18. The number of anilines is 1. The van der Waals surface area contributed by atoms with Gasteiger partial charge in [-0.05, 0) is 56.4 Å². The number of nitrogens with one attached hydrogen (secondary N) is 1. The van der Waals surface area contributed by atoms with Crippen LogP contribution in [-0.2, 0) is 17.6 Å². The fraction of sp³-hybridized carbons (Fsp3) is 0.333. The van der Waals surface area contributed by atoms with E-state index in [0.29, 0.717) is 10.7 Å². The Hall–Kier alpha value is -2.07. The lowest BCUT2D eigenvalue weighted by Crippen LogP contribution is -2.21. The molecule has 4 nitrogen and oxygen atoms in total. The minimum atomic E-state index is -0.203. The van der Waals surface area contributed by atoms with E-state index in [-0.39, 0.29) is 12.5 Å². The number of carbonyl (C=O) groups is 1. The second-order valence-electron chi connectivity index (χ2n) is 5.74. The van der Waals surface area contributed by atoms with Crippen molar-refractivity contribution in [1.29, 1.82) is 0 Å². The first-order valence-electron chi connectivity index (χ1n) is 7.79. The van der Waals surface area contributed by atoms with E-state index >= 15 is 0 Å². The van der Waals surface area contributed by atoms with Crippen molar-refractivity contribution in [2.45, 2.75) is 32.6 Å². The highest BCUT2D eigenvalue weighted by molar-refractivity contribution is 6.31. The summed E-state index contributed by atoms with van der Waals surface area (Å²) >= 11 is 6.06. The van der Waals surface area contributed by atoms with Crippen LogP contribution in [-0.4, -0.2) is 17.5 Å². The largest absolute Gasteiger partial charge is 0.483 e. The molecule has 1 aromatic heterocycles.